The van der Waals surface area contributed by atoms with Gasteiger partial charge in [0.25, 0.3) is 0 Å². The predicted octanol–water partition coefficient (Wildman–Crippen LogP) is 5.95. The van der Waals surface area contributed by atoms with Crippen molar-refractivity contribution in [2.75, 3.05) is 6.61 Å². The summed E-state index contributed by atoms with van der Waals surface area (Å²) in [6.45, 7) is 8.44. The van der Waals surface area contributed by atoms with E-state index < -0.39 is 0 Å². The summed E-state index contributed by atoms with van der Waals surface area (Å²) >= 11 is 0. The first-order valence-corrected chi connectivity index (χ1v) is 9.90. The van der Waals surface area contributed by atoms with Crippen LogP contribution in [-0.4, -0.2) is 17.5 Å². The topological polar surface area (TPSA) is 55.8 Å². The van der Waals surface area contributed by atoms with Crippen LogP contribution in [0.3, 0.4) is 0 Å². The average molecular weight is 392 g/mol. The van der Waals surface area contributed by atoms with Gasteiger partial charge in [0.2, 0.25) is 0 Å². The van der Waals surface area contributed by atoms with Gasteiger partial charge >= 0.3 is 0 Å². The van der Waals surface area contributed by atoms with E-state index in [1.54, 1.807) is 0 Å². The highest BCUT2D eigenvalue weighted by molar-refractivity contribution is 6.03. The second kappa shape index (κ2) is 8.99. The van der Waals surface area contributed by atoms with Crippen molar-refractivity contribution in [3.63, 3.8) is 0 Å². The molecule has 1 aliphatic heterocycles. The number of phenolic OH excluding ortho intramolecular Hbond substituents is 1. The Morgan fingerprint density at radius 2 is 1.83 bits per heavy atom. The highest BCUT2D eigenvalue weighted by atomic mass is 16.5. The van der Waals surface area contributed by atoms with E-state index in [0.29, 0.717) is 24.5 Å². The first-order valence-electron chi connectivity index (χ1n) is 9.90. The Morgan fingerprint density at radius 1 is 1.14 bits per heavy atom. The molecule has 0 bridgehead atoms. The SMILES string of the molecule is CC(C)=CCOc1cc(O)c2c(c1CC=C(C)C)O[C@H](c1ccccc1)CC2=O. The second-order valence-corrected chi connectivity index (χ2v) is 7.80. The maximum atomic E-state index is 12.9. The van der Waals surface area contributed by atoms with Gasteiger partial charge < -0.3 is 14.6 Å². The number of hydrogen-bond donors (Lipinski definition) is 1. The number of carbonyl (C=O) groups is 1. The summed E-state index contributed by atoms with van der Waals surface area (Å²) in [6.07, 6.45) is 4.42. The third kappa shape index (κ3) is 4.89. The first kappa shape index (κ1) is 20.7. The third-order valence-electron chi connectivity index (χ3n) is 4.85. The first-order chi connectivity index (χ1) is 13.9. The number of ether oxygens (including phenoxy) is 2. The van der Waals surface area contributed by atoms with Crippen LogP contribution in [0.25, 0.3) is 0 Å². The van der Waals surface area contributed by atoms with E-state index in [9.17, 15) is 9.90 Å². The molecule has 152 valence electrons. The van der Waals surface area contributed by atoms with Crippen molar-refractivity contribution in [2.45, 2.75) is 46.6 Å². The summed E-state index contributed by atoms with van der Waals surface area (Å²) in [5.74, 6) is 0.758. The molecule has 4 heteroatoms. The number of allylic oxidation sites excluding steroid dienone is 3. The zero-order valence-electron chi connectivity index (χ0n) is 17.5. The maximum Gasteiger partial charge on any atom is 0.174 e. The number of ketones is 1. The van der Waals surface area contributed by atoms with E-state index in [1.165, 1.54) is 6.07 Å². The summed E-state index contributed by atoms with van der Waals surface area (Å²) in [7, 11) is 0. The number of fused-ring (bicyclic) bond motifs is 1. The molecule has 0 amide bonds. The lowest BCUT2D eigenvalue weighted by Crippen LogP contribution is -2.22. The highest BCUT2D eigenvalue weighted by Gasteiger charge is 2.33. The van der Waals surface area contributed by atoms with Crippen molar-refractivity contribution in [2.24, 2.45) is 0 Å². The Kier molecular flexibility index (Phi) is 6.42. The minimum atomic E-state index is -0.380. The van der Waals surface area contributed by atoms with Crippen LogP contribution in [0, 0.1) is 0 Å². The van der Waals surface area contributed by atoms with Crippen molar-refractivity contribution in [1.82, 2.24) is 0 Å². The van der Waals surface area contributed by atoms with Gasteiger partial charge in [0.05, 0.1) is 6.42 Å². The molecule has 29 heavy (non-hydrogen) atoms. The average Bonchev–Trinajstić information content (AvgIpc) is 2.67. The van der Waals surface area contributed by atoms with Gasteiger partial charge in [-0.1, -0.05) is 47.6 Å². The quantitative estimate of drug-likeness (QED) is 0.617. The number of hydrogen-bond acceptors (Lipinski definition) is 4. The number of carbonyl (C=O) groups excluding carboxylic acids is 1. The van der Waals surface area contributed by atoms with Crippen molar-refractivity contribution >= 4 is 5.78 Å². The van der Waals surface area contributed by atoms with E-state index >= 15 is 0 Å². The number of Topliss-reactive ketones (excluding diaryl/α,β-unsaturated/α-hetero) is 1. The molecule has 1 heterocycles. The molecule has 3 rings (SSSR count). The lowest BCUT2D eigenvalue weighted by Gasteiger charge is -2.29. The van der Waals surface area contributed by atoms with Gasteiger partial charge in [0.15, 0.2) is 5.78 Å². The lowest BCUT2D eigenvalue weighted by atomic mass is 9.92. The fourth-order valence-corrected chi connectivity index (χ4v) is 3.30. The maximum absolute atomic E-state index is 12.9. The standard InChI is InChI=1S/C25H28O4/c1-16(2)10-11-19-23(28-13-12-17(3)4)15-21(27)24-20(26)14-22(29-25(19)24)18-8-6-5-7-9-18/h5-10,12,15,22,27H,11,13-14H2,1-4H3/t22-/m0/s1. The number of phenols is 1. The van der Waals surface area contributed by atoms with Crippen LogP contribution in [0.4, 0.5) is 0 Å². The third-order valence-corrected chi connectivity index (χ3v) is 4.85. The van der Waals surface area contributed by atoms with E-state index in [2.05, 4.69) is 6.08 Å². The molecule has 1 N–H and O–H groups in total. The van der Waals surface area contributed by atoms with Crippen LogP contribution >= 0.6 is 0 Å². The van der Waals surface area contributed by atoms with Gasteiger partial charge in [0.1, 0.15) is 35.5 Å². The molecule has 0 fully saturated rings. The minimum absolute atomic E-state index is 0.0929. The van der Waals surface area contributed by atoms with Crippen molar-refractivity contribution in [3.8, 4) is 17.2 Å². The molecule has 0 spiro atoms. The van der Waals surface area contributed by atoms with Crippen LogP contribution in [-0.2, 0) is 6.42 Å². The molecule has 0 aromatic heterocycles. The Balaban J connectivity index is 2.07. The molecular weight excluding hydrogens is 364 g/mol. The fourth-order valence-electron chi connectivity index (χ4n) is 3.30. The Hall–Kier alpha value is -3.01. The molecule has 1 atom stereocenters. The monoisotopic (exact) mass is 392 g/mol. The van der Waals surface area contributed by atoms with E-state index in [-0.39, 0.29) is 29.6 Å². The Morgan fingerprint density at radius 3 is 2.48 bits per heavy atom. The van der Waals surface area contributed by atoms with Gasteiger partial charge in [-0.15, -0.1) is 0 Å². The van der Waals surface area contributed by atoms with Crippen molar-refractivity contribution in [1.29, 1.82) is 0 Å². The van der Waals surface area contributed by atoms with Gasteiger partial charge in [-0.25, -0.2) is 0 Å². The fraction of sp³-hybridized carbons (Fsp3) is 0.320. The molecule has 0 radical (unpaired) electrons. The van der Waals surface area contributed by atoms with E-state index in [4.69, 9.17) is 9.47 Å². The van der Waals surface area contributed by atoms with Crippen LogP contribution in [0.5, 0.6) is 17.2 Å². The van der Waals surface area contributed by atoms with E-state index in [0.717, 1.165) is 22.3 Å². The largest absolute Gasteiger partial charge is 0.507 e. The number of benzene rings is 2. The molecular formula is C25H28O4. The minimum Gasteiger partial charge on any atom is -0.507 e. The molecule has 0 unspecified atom stereocenters. The van der Waals surface area contributed by atoms with Gasteiger partial charge in [-0.2, -0.15) is 0 Å². The van der Waals surface area contributed by atoms with E-state index in [1.807, 2.05) is 64.1 Å². The number of rotatable bonds is 6. The van der Waals surface area contributed by atoms with Crippen LogP contribution in [0.1, 0.15) is 61.7 Å². The Bertz CT molecular complexity index is 947. The molecule has 0 saturated carbocycles. The molecule has 4 nitrogen and oxygen atoms in total. The predicted molar refractivity (Wildman–Crippen MR) is 115 cm³/mol. The zero-order valence-corrected chi connectivity index (χ0v) is 17.5. The van der Waals surface area contributed by atoms with Gasteiger partial charge in [-0.3, -0.25) is 4.79 Å². The number of aromatic hydroxyl groups is 1. The van der Waals surface area contributed by atoms with Crippen molar-refractivity contribution < 1.29 is 19.4 Å². The smallest absolute Gasteiger partial charge is 0.174 e. The summed E-state index contributed by atoms with van der Waals surface area (Å²) in [5, 5.41) is 10.6. The summed E-state index contributed by atoms with van der Waals surface area (Å²) in [5.41, 5.74) is 4.28. The second-order valence-electron chi connectivity index (χ2n) is 7.80. The molecule has 2 aromatic rings. The highest BCUT2D eigenvalue weighted by Crippen LogP contribution is 2.46. The molecule has 1 aliphatic rings. The lowest BCUT2D eigenvalue weighted by molar-refractivity contribution is 0.0842. The molecule has 0 aliphatic carbocycles. The van der Waals surface area contributed by atoms with Crippen molar-refractivity contribution in [3.05, 3.63) is 76.4 Å². The molecule has 0 saturated heterocycles. The molecule has 2 aromatic carbocycles. The normalized spacial score (nSPS) is 15.2. The summed E-state index contributed by atoms with van der Waals surface area (Å²) < 4.78 is 12.2. The Labute approximate surface area is 172 Å². The summed E-state index contributed by atoms with van der Waals surface area (Å²) in [6, 6.07) is 11.2. The van der Waals surface area contributed by atoms with Crippen LogP contribution < -0.4 is 9.47 Å². The summed E-state index contributed by atoms with van der Waals surface area (Å²) in [4.78, 5) is 12.9. The zero-order chi connectivity index (χ0) is 21.0. The van der Waals surface area contributed by atoms with Crippen LogP contribution in [0.2, 0.25) is 0 Å². The van der Waals surface area contributed by atoms with Crippen LogP contribution in [0.15, 0.2) is 59.7 Å². The van der Waals surface area contributed by atoms with Gasteiger partial charge in [0, 0.05) is 11.6 Å². The van der Waals surface area contributed by atoms with Gasteiger partial charge in [-0.05, 0) is 45.8 Å².